The number of aliphatic hydroxyl groups excluding tert-OH is 1. The molecule has 2 aliphatic rings. The van der Waals surface area contributed by atoms with E-state index >= 15 is 0 Å². The van der Waals surface area contributed by atoms with Crippen molar-refractivity contribution in [2.24, 2.45) is 0 Å². The van der Waals surface area contributed by atoms with Gasteiger partial charge in [-0.1, -0.05) is 24.3 Å². The number of hydrogen-bond acceptors (Lipinski definition) is 6. The topological polar surface area (TPSA) is 121 Å². The van der Waals surface area contributed by atoms with Gasteiger partial charge in [0.1, 0.15) is 5.75 Å². The number of ether oxygens (including phenoxy) is 1. The van der Waals surface area contributed by atoms with E-state index in [-0.39, 0.29) is 34.4 Å². The van der Waals surface area contributed by atoms with Crippen molar-refractivity contribution in [2.45, 2.75) is 25.2 Å². The molecule has 7 nitrogen and oxygen atoms in total. The predicted molar refractivity (Wildman–Crippen MR) is 89.0 cm³/mol. The number of phenols is 1. The molecule has 0 saturated carbocycles. The van der Waals surface area contributed by atoms with Crippen molar-refractivity contribution in [3.8, 4) is 5.75 Å². The van der Waals surface area contributed by atoms with Gasteiger partial charge in [0.2, 0.25) is 0 Å². The monoisotopic (exact) mass is 354 g/mol. The van der Waals surface area contributed by atoms with Gasteiger partial charge in [0.25, 0.3) is 0 Å². The normalized spacial score (nSPS) is 25.2. The fraction of sp³-hybridized carbons (Fsp3) is 0.211. The van der Waals surface area contributed by atoms with Crippen molar-refractivity contribution >= 4 is 28.3 Å². The number of rotatable bonds is 1. The van der Waals surface area contributed by atoms with Gasteiger partial charge in [0.15, 0.2) is 23.5 Å². The molecule has 1 aliphatic heterocycles. The fourth-order valence-corrected chi connectivity index (χ4v) is 3.54. The maximum atomic E-state index is 13.0. The van der Waals surface area contributed by atoms with E-state index in [0.717, 1.165) is 0 Å². The summed E-state index contributed by atoms with van der Waals surface area (Å²) in [5, 5.41) is 31.1. The van der Waals surface area contributed by atoms with Crippen LogP contribution in [0.5, 0.6) is 5.75 Å². The Morgan fingerprint density at radius 3 is 2.62 bits per heavy atom. The maximum Gasteiger partial charge on any atom is 0.336 e. The Morgan fingerprint density at radius 1 is 1.23 bits per heavy atom. The largest absolute Gasteiger partial charge is 0.507 e. The van der Waals surface area contributed by atoms with Crippen LogP contribution in [0.2, 0.25) is 0 Å². The number of carboxylic acids is 1. The molecule has 2 aromatic carbocycles. The number of aliphatic hydroxyl groups is 1. The van der Waals surface area contributed by atoms with Crippen LogP contribution in [-0.4, -0.2) is 44.7 Å². The van der Waals surface area contributed by atoms with E-state index in [2.05, 4.69) is 0 Å². The zero-order valence-electron chi connectivity index (χ0n) is 13.6. The van der Waals surface area contributed by atoms with Gasteiger partial charge in [-0.25, -0.2) is 4.79 Å². The number of Topliss-reactive ketones (excluding diaryl/α,β-unsaturated/α-hetero) is 2. The Morgan fingerprint density at radius 2 is 1.92 bits per heavy atom. The Labute approximate surface area is 147 Å². The highest BCUT2D eigenvalue weighted by molar-refractivity contribution is 6.30. The second-order valence-corrected chi connectivity index (χ2v) is 6.60. The Hall–Kier alpha value is -3.03. The summed E-state index contributed by atoms with van der Waals surface area (Å²) < 4.78 is 5.11. The molecule has 4 rings (SSSR count). The average molecular weight is 354 g/mol. The average Bonchev–Trinajstić information content (AvgIpc) is 2.59. The zero-order valence-corrected chi connectivity index (χ0v) is 13.6. The summed E-state index contributed by atoms with van der Waals surface area (Å²) in [7, 11) is 0. The van der Waals surface area contributed by atoms with Gasteiger partial charge in [-0.05, 0) is 18.4 Å². The third-order valence-electron chi connectivity index (χ3n) is 4.92. The van der Waals surface area contributed by atoms with E-state index < -0.39 is 29.4 Å². The maximum absolute atomic E-state index is 13.0. The van der Waals surface area contributed by atoms with Crippen LogP contribution in [0.4, 0.5) is 0 Å². The minimum atomic E-state index is -1.87. The Kier molecular flexibility index (Phi) is 3.31. The molecule has 3 N–H and O–H groups in total. The van der Waals surface area contributed by atoms with Gasteiger partial charge in [0, 0.05) is 22.9 Å². The molecule has 0 saturated heterocycles. The summed E-state index contributed by atoms with van der Waals surface area (Å²) in [5.41, 5.74) is -2.45. The van der Waals surface area contributed by atoms with Crippen molar-refractivity contribution in [3.63, 3.8) is 0 Å². The number of phenolic OH excluding ortho intramolecular Hbond substituents is 1. The molecular formula is C19H14O7. The lowest BCUT2D eigenvalue weighted by Gasteiger charge is -2.37. The molecule has 0 spiro atoms. The van der Waals surface area contributed by atoms with Crippen LogP contribution in [0.3, 0.4) is 0 Å². The second-order valence-electron chi connectivity index (χ2n) is 6.60. The summed E-state index contributed by atoms with van der Waals surface area (Å²) in [6.45, 7) is 1.23. The molecule has 0 radical (unpaired) electrons. The van der Waals surface area contributed by atoms with Crippen LogP contribution in [-0.2, 0) is 9.53 Å². The van der Waals surface area contributed by atoms with Crippen LogP contribution < -0.4 is 0 Å². The molecule has 2 atom stereocenters. The lowest BCUT2D eigenvalue weighted by atomic mass is 9.76. The number of carbonyl (C=O) groups is 3. The van der Waals surface area contributed by atoms with E-state index in [1.54, 1.807) is 24.3 Å². The van der Waals surface area contributed by atoms with Gasteiger partial charge < -0.3 is 20.1 Å². The van der Waals surface area contributed by atoms with Crippen LogP contribution in [0.15, 0.2) is 41.5 Å². The molecule has 2 aromatic rings. The minimum Gasteiger partial charge on any atom is -0.507 e. The van der Waals surface area contributed by atoms with Crippen molar-refractivity contribution in [1.29, 1.82) is 0 Å². The highest BCUT2D eigenvalue weighted by atomic mass is 16.6. The first-order valence-corrected chi connectivity index (χ1v) is 7.91. The molecule has 7 heteroatoms. The molecular weight excluding hydrogens is 340 g/mol. The van der Waals surface area contributed by atoms with Gasteiger partial charge >= 0.3 is 5.97 Å². The van der Waals surface area contributed by atoms with Crippen LogP contribution in [0, 0.1) is 0 Å². The summed E-state index contributed by atoms with van der Waals surface area (Å²) in [6.07, 6.45) is -2.22. The van der Waals surface area contributed by atoms with Crippen molar-refractivity contribution in [1.82, 2.24) is 0 Å². The number of ketones is 2. The molecule has 0 unspecified atom stereocenters. The van der Waals surface area contributed by atoms with E-state index in [1.165, 1.54) is 13.0 Å². The SMILES string of the molecule is C[C@]1(C(=O)O)CC2=C(C(=O)c3c(cc4ccccc4c3O)C2=O)[C@H](O)O1. The first-order valence-electron chi connectivity index (χ1n) is 7.91. The molecule has 132 valence electrons. The van der Waals surface area contributed by atoms with E-state index in [0.29, 0.717) is 10.8 Å². The number of hydrogen-bond donors (Lipinski definition) is 3. The van der Waals surface area contributed by atoms with Gasteiger partial charge in [0.05, 0.1) is 11.1 Å². The molecule has 0 amide bonds. The second kappa shape index (κ2) is 5.23. The summed E-state index contributed by atoms with van der Waals surface area (Å²) >= 11 is 0. The lowest BCUT2D eigenvalue weighted by Crippen LogP contribution is -2.49. The minimum absolute atomic E-state index is 0.00760. The highest BCUT2D eigenvalue weighted by Crippen LogP contribution is 2.43. The number of carbonyl (C=O) groups excluding carboxylic acids is 2. The van der Waals surface area contributed by atoms with Crippen molar-refractivity contribution < 1.29 is 34.4 Å². The van der Waals surface area contributed by atoms with Crippen LogP contribution >= 0.6 is 0 Å². The fourth-order valence-electron chi connectivity index (χ4n) is 3.54. The number of benzene rings is 2. The number of carboxylic acid groups (broad SMARTS) is 1. The third kappa shape index (κ3) is 2.04. The first kappa shape index (κ1) is 16.4. The van der Waals surface area contributed by atoms with E-state index in [9.17, 15) is 29.7 Å². The van der Waals surface area contributed by atoms with Gasteiger partial charge in [-0.2, -0.15) is 0 Å². The summed E-state index contributed by atoms with van der Waals surface area (Å²) in [5.74, 6) is -3.03. The van der Waals surface area contributed by atoms with Crippen LogP contribution in [0.1, 0.15) is 34.1 Å². The number of aliphatic carboxylic acids is 1. The van der Waals surface area contributed by atoms with Gasteiger partial charge in [-0.15, -0.1) is 0 Å². The molecule has 26 heavy (non-hydrogen) atoms. The Bertz CT molecular complexity index is 1050. The standard InChI is InChI=1S/C19H14O7/c1-19(18(24)25)7-11-13(17(23)26-19)16(22)12-10(14(11)20)6-8-4-2-3-5-9(8)15(12)21/h2-6,17,21,23H,7H2,1H3,(H,24,25)/t17-,19-/m1/s1. The van der Waals surface area contributed by atoms with E-state index in [1.807, 2.05) is 0 Å². The van der Waals surface area contributed by atoms with E-state index in [4.69, 9.17) is 4.74 Å². The number of fused-ring (bicyclic) bond motifs is 2. The summed E-state index contributed by atoms with van der Waals surface area (Å²) in [4.78, 5) is 37.3. The molecule has 1 heterocycles. The quantitative estimate of drug-likeness (QED) is 0.714. The van der Waals surface area contributed by atoms with Gasteiger partial charge in [-0.3, -0.25) is 9.59 Å². The summed E-state index contributed by atoms with van der Waals surface area (Å²) in [6, 6.07) is 8.21. The van der Waals surface area contributed by atoms with Crippen molar-refractivity contribution in [3.05, 3.63) is 52.6 Å². The zero-order chi connectivity index (χ0) is 18.8. The third-order valence-corrected chi connectivity index (χ3v) is 4.92. The van der Waals surface area contributed by atoms with Crippen molar-refractivity contribution in [2.75, 3.05) is 0 Å². The molecule has 1 aliphatic carbocycles. The highest BCUT2D eigenvalue weighted by Gasteiger charge is 2.49. The number of aromatic hydroxyl groups is 1. The smallest absolute Gasteiger partial charge is 0.336 e. The Balaban J connectivity index is 1.97. The first-order chi connectivity index (χ1) is 12.2. The predicted octanol–water partition coefficient (Wildman–Crippen LogP) is 1.80. The van der Waals surface area contributed by atoms with Crippen LogP contribution in [0.25, 0.3) is 10.8 Å². The molecule has 0 fully saturated rings. The molecule has 0 bridgehead atoms. The lowest BCUT2D eigenvalue weighted by molar-refractivity contribution is -0.195. The molecule has 0 aromatic heterocycles.